The lowest BCUT2D eigenvalue weighted by atomic mass is 9.80. The number of rotatable bonds is 2. The van der Waals surface area contributed by atoms with Crippen molar-refractivity contribution in [2.75, 3.05) is 23.7 Å². The zero-order valence-electron chi connectivity index (χ0n) is 12.9. The van der Waals surface area contributed by atoms with Crippen LogP contribution in [0.15, 0.2) is 18.2 Å². The number of fused-ring (bicyclic) bond motifs is 1. The van der Waals surface area contributed by atoms with E-state index in [1.165, 1.54) is 12.8 Å². The maximum atomic E-state index is 12.5. The van der Waals surface area contributed by atoms with Crippen LogP contribution in [-0.4, -0.2) is 25.0 Å². The van der Waals surface area contributed by atoms with Crippen LogP contribution in [0, 0.1) is 11.8 Å². The van der Waals surface area contributed by atoms with Gasteiger partial charge >= 0.3 is 0 Å². The summed E-state index contributed by atoms with van der Waals surface area (Å²) >= 11 is 0. The van der Waals surface area contributed by atoms with Crippen LogP contribution in [0.3, 0.4) is 0 Å². The molecule has 4 heteroatoms. The molecule has 1 amide bonds. The molecule has 1 fully saturated rings. The number of hydrogen-bond acceptors (Lipinski definition) is 3. The summed E-state index contributed by atoms with van der Waals surface area (Å²) in [5, 5.41) is 9.89. The van der Waals surface area contributed by atoms with Crippen molar-refractivity contribution in [3.05, 3.63) is 23.8 Å². The molecule has 1 aliphatic carbocycles. The fourth-order valence-electron chi connectivity index (χ4n) is 3.51. The van der Waals surface area contributed by atoms with E-state index >= 15 is 0 Å². The molecule has 3 N–H and O–H groups in total. The maximum absolute atomic E-state index is 12.5. The topological polar surface area (TPSA) is 53.2 Å². The Balaban J connectivity index is 1.68. The van der Waals surface area contributed by atoms with Gasteiger partial charge in [0.2, 0.25) is 0 Å². The van der Waals surface area contributed by atoms with Crippen molar-refractivity contribution in [3.8, 4) is 0 Å². The van der Waals surface area contributed by atoms with Crippen molar-refractivity contribution in [1.29, 1.82) is 0 Å². The van der Waals surface area contributed by atoms with Gasteiger partial charge in [0.25, 0.3) is 5.91 Å². The highest BCUT2D eigenvalue weighted by molar-refractivity contribution is 5.96. The molecule has 2 aliphatic rings. The molecule has 4 nitrogen and oxygen atoms in total. The van der Waals surface area contributed by atoms with Crippen LogP contribution in [-0.2, 0) is 0 Å². The summed E-state index contributed by atoms with van der Waals surface area (Å²) in [5.74, 6) is 1.40. The summed E-state index contributed by atoms with van der Waals surface area (Å²) in [6.45, 7) is 6.38. The highest BCUT2D eigenvalue weighted by Crippen LogP contribution is 2.29. The Hall–Kier alpha value is -1.71. The van der Waals surface area contributed by atoms with Gasteiger partial charge in [-0.1, -0.05) is 13.8 Å². The summed E-state index contributed by atoms with van der Waals surface area (Å²) in [5.41, 5.74) is 2.85. The quantitative estimate of drug-likeness (QED) is 0.783. The first-order valence-electron chi connectivity index (χ1n) is 8.06. The number of carbonyl (C=O) groups excluding carboxylic acids is 1. The van der Waals surface area contributed by atoms with Crippen LogP contribution in [0.5, 0.6) is 0 Å². The van der Waals surface area contributed by atoms with E-state index in [2.05, 4.69) is 29.8 Å². The Morgan fingerprint density at radius 2 is 1.90 bits per heavy atom. The Labute approximate surface area is 126 Å². The highest BCUT2D eigenvalue weighted by atomic mass is 16.1. The van der Waals surface area contributed by atoms with E-state index in [1.54, 1.807) is 0 Å². The van der Waals surface area contributed by atoms with Gasteiger partial charge in [-0.25, -0.2) is 0 Å². The fraction of sp³-hybridized carbons (Fsp3) is 0.588. The van der Waals surface area contributed by atoms with Gasteiger partial charge in [0.15, 0.2) is 0 Å². The van der Waals surface area contributed by atoms with Gasteiger partial charge in [-0.05, 0) is 49.3 Å². The zero-order chi connectivity index (χ0) is 14.8. The minimum Gasteiger partial charge on any atom is -0.382 e. The average Bonchev–Trinajstić information content (AvgIpc) is 2.49. The average molecular weight is 287 g/mol. The lowest BCUT2D eigenvalue weighted by molar-refractivity contribution is 0.0899. The molecule has 3 rings (SSSR count). The second-order valence-corrected chi connectivity index (χ2v) is 6.59. The van der Waals surface area contributed by atoms with E-state index in [4.69, 9.17) is 0 Å². The molecule has 114 valence electrons. The third-order valence-corrected chi connectivity index (χ3v) is 4.79. The molecule has 21 heavy (non-hydrogen) atoms. The molecule has 1 aliphatic heterocycles. The minimum atomic E-state index is 0.0524. The van der Waals surface area contributed by atoms with Crippen LogP contribution < -0.4 is 16.0 Å². The number of nitrogens with one attached hydrogen (secondary N) is 3. The van der Waals surface area contributed by atoms with E-state index in [9.17, 15) is 4.79 Å². The lowest BCUT2D eigenvalue weighted by Crippen LogP contribution is -2.42. The highest BCUT2D eigenvalue weighted by Gasteiger charge is 2.27. The minimum absolute atomic E-state index is 0.0524. The van der Waals surface area contributed by atoms with Gasteiger partial charge in [0, 0.05) is 24.7 Å². The first kappa shape index (κ1) is 14.2. The van der Waals surface area contributed by atoms with Gasteiger partial charge in [0.05, 0.1) is 11.4 Å². The van der Waals surface area contributed by atoms with Crippen LogP contribution in [0.2, 0.25) is 0 Å². The van der Waals surface area contributed by atoms with Crippen molar-refractivity contribution in [2.45, 2.75) is 39.2 Å². The van der Waals surface area contributed by atoms with Gasteiger partial charge in [-0.15, -0.1) is 0 Å². The van der Waals surface area contributed by atoms with E-state index < -0.39 is 0 Å². The molecule has 1 aromatic carbocycles. The predicted molar refractivity (Wildman–Crippen MR) is 86.9 cm³/mol. The van der Waals surface area contributed by atoms with Crippen LogP contribution in [0.25, 0.3) is 0 Å². The van der Waals surface area contributed by atoms with E-state index in [-0.39, 0.29) is 5.91 Å². The third kappa shape index (κ3) is 3.14. The number of benzene rings is 1. The third-order valence-electron chi connectivity index (χ3n) is 4.79. The molecular formula is C17H25N3O. The Morgan fingerprint density at radius 3 is 2.67 bits per heavy atom. The molecule has 0 bridgehead atoms. The van der Waals surface area contributed by atoms with Crippen LogP contribution >= 0.6 is 0 Å². The van der Waals surface area contributed by atoms with Crippen molar-refractivity contribution in [1.82, 2.24) is 5.32 Å². The first-order valence-corrected chi connectivity index (χ1v) is 8.06. The van der Waals surface area contributed by atoms with Gasteiger partial charge in [-0.2, -0.15) is 0 Å². The Morgan fingerprint density at radius 1 is 1.14 bits per heavy atom. The van der Waals surface area contributed by atoms with Crippen LogP contribution in [0.1, 0.15) is 43.5 Å². The standard InChI is InChI=1S/C17H25N3O/c1-11-3-5-14(12(2)9-11)20-17(21)13-4-6-15-16(10-13)19-8-7-18-15/h4,6,10-12,14,18-19H,3,5,7-9H2,1-2H3,(H,20,21). The SMILES string of the molecule is CC1CCC(NC(=O)c2ccc3c(c2)NCCN3)C(C)C1. The molecule has 1 saturated carbocycles. The monoisotopic (exact) mass is 287 g/mol. The normalized spacial score (nSPS) is 28.0. The number of amides is 1. The van der Waals surface area contributed by atoms with Crippen molar-refractivity contribution < 1.29 is 4.79 Å². The van der Waals surface area contributed by atoms with Gasteiger partial charge in [0.1, 0.15) is 0 Å². The maximum Gasteiger partial charge on any atom is 0.251 e. The molecule has 3 atom stereocenters. The lowest BCUT2D eigenvalue weighted by Gasteiger charge is -2.33. The second kappa shape index (κ2) is 5.96. The largest absolute Gasteiger partial charge is 0.382 e. The second-order valence-electron chi connectivity index (χ2n) is 6.59. The van der Waals surface area contributed by atoms with E-state index in [0.29, 0.717) is 12.0 Å². The molecule has 1 heterocycles. The number of carbonyl (C=O) groups is 1. The van der Waals surface area contributed by atoms with Gasteiger partial charge < -0.3 is 16.0 Å². The van der Waals surface area contributed by atoms with Crippen molar-refractivity contribution in [3.63, 3.8) is 0 Å². The molecule has 0 aromatic heterocycles. The summed E-state index contributed by atoms with van der Waals surface area (Å²) in [6.07, 6.45) is 3.52. The summed E-state index contributed by atoms with van der Waals surface area (Å²) in [7, 11) is 0. The molecule has 0 radical (unpaired) electrons. The number of hydrogen-bond donors (Lipinski definition) is 3. The summed E-state index contributed by atoms with van der Waals surface area (Å²) in [4.78, 5) is 12.5. The van der Waals surface area contributed by atoms with Gasteiger partial charge in [-0.3, -0.25) is 4.79 Å². The molecule has 1 aromatic rings. The molecule has 3 unspecified atom stereocenters. The van der Waals surface area contributed by atoms with Crippen molar-refractivity contribution in [2.24, 2.45) is 11.8 Å². The smallest absolute Gasteiger partial charge is 0.251 e. The summed E-state index contributed by atoms with van der Waals surface area (Å²) in [6, 6.07) is 6.16. The van der Waals surface area contributed by atoms with E-state index in [0.717, 1.165) is 42.4 Å². The predicted octanol–water partition coefficient (Wildman–Crippen LogP) is 3.08. The zero-order valence-corrected chi connectivity index (χ0v) is 12.9. The van der Waals surface area contributed by atoms with Crippen LogP contribution in [0.4, 0.5) is 11.4 Å². The Kier molecular flexibility index (Phi) is 4.04. The summed E-state index contributed by atoms with van der Waals surface area (Å²) < 4.78 is 0. The molecule has 0 spiro atoms. The molecule has 0 saturated heterocycles. The fourth-order valence-corrected chi connectivity index (χ4v) is 3.51. The molecular weight excluding hydrogens is 262 g/mol. The van der Waals surface area contributed by atoms with Crippen molar-refractivity contribution >= 4 is 17.3 Å². The number of anilines is 2. The first-order chi connectivity index (χ1) is 10.1. The van der Waals surface area contributed by atoms with E-state index in [1.807, 2.05) is 18.2 Å². The Bertz CT molecular complexity index is 529.